The maximum Gasteiger partial charge on any atom is 0.240 e. The lowest BCUT2D eigenvalue weighted by Crippen LogP contribution is -2.38. The molecule has 3 N–H and O–H groups in total. The summed E-state index contributed by atoms with van der Waals surface area (Å²) in [6, 6.07) is 3.60. The molecule has 1 aromatic carbocycles. The zero-order chi connectivity index (χ0) is 14.0. The second-order valence-electron chi connectivity index (χ2n) is 5.10. The monoisotopic (exact) mass is 274 g/mol. The molecule has 102 valence electrons. The van der Waals surface area contributed by atoms with Crippen LogP contribution in [0.3, 0.4) is 0 Å². The predicted octanol–water partition coefficient (Wildman–Crippen LogP) is 1.40. The number of aryl methyl sites for hydroxylation is 1. The molecule has 0 heterocycles. The molecule has 0 aliphatic rings. The lowest BCUT2D eigenvalue weighted by molar-refractivity contribution is 0.376. The van der Waals surface area contributed by atoms with Crippen LogP contribution in [0.2, 0.25) is 0 Å². The highest BCUT2D eigenvalue weighted by Crippen LogP contribution is 2.17. The Balaban J connectivity index is 2.94. The van der Waals surface area contributed by atoms with Gasteiger partial charge in [0.1, 0.15) is 5.82 Å². The first-order chi connectivity index (χ1) is 8.18. The van der Waals surface area contributed by atoms with Crippen molar-refractivity contribution in [3.63, 3.8) is 0 Å². The Morgan fingerprint density at radius 1 is 1.39 bits per heavy atom. The van der Waals surface area contributed by atoms with Crippen LogP contribution < -0.4 is 10.5 Å². The normalized spacial score (nSPS) is 12.7. The summed E-state index contributed by atoms with van der Waals surface area (Å²) in [7, 11) is -3.62. The first kappa shape index (κ1) is 15.1. The van der Waals surface area contributed by atoms with Gasteiger partial charge in [-0.25, -0.2) is 17.5 Å². The van der Waals surface area contributed by atoms with Gasteiger partial charge in [0.2, 0.25) is 10.0 Å². The molecule has 4 nitrogen and oxygen atoms in total. The molecule has 1 rings (SSSR count). The highest BCUT2D eigenvalue weighted by atomic mass is 32.2. The Hall–Kier alpha value is -0.980. The van der Waals surface area contributed by atoms with Crippen LogP contribution in [-0.2, 0) is 10.0 Å². The van der Waals surface area contributed by atoms with Gasteiger partial charge < -0.3 is 5.73 Å². The van der Waals surface area contributed by atoms with E-state index in [1.165, 1.54) is 12.1 Å². The third-order valence-electron chi connectivity index (χ3n) is 2.72. The van der Waals surface area contributed by atoms with Crippen LogP contribution in [-0.4, -0.2) is 21.5 Å². The van der Waals surface area contributed by atoms with Crippen molar-refractivity contribution < 1.29 is 12.8 Å². The van der Waals surface area contributed by atoms with Gasteiger partial charge in [-0.3, -0.25) is 0 Å². The van der Waals surface area contributed by atoms with Crippen molar-refractivity contribution in [2.75, 3.05) is 13.1 Å². The second-order valence-corrected chi connectivity index (χ2v) is 6.84. The van der Waals surface area contributed by atoms with Gasteiger partial charge in [0.25, 0.3) is 0 Å². The molecule has 1 aromatic rings. The van der Waals surface area contributed by atoms with Crippen molar-refractivity contribution in [3.8, 4) is 0 Å². The summed E-state index contributed by atoms with van der Waals surface area (Å²) >= 11 is 0. The van der Waals surface area contributed by atoms with E-state index in [1.54, 1.807) is 6.92 Å². The third-order valence-corrected chi connectivity index (χ3v) is 4.28. The Morgan fingerprint density at radius 3 is 2.50 bits per heavy atom. The molecule has 0 aliphatic heterocycles. The quantitative estimate of drug-likeness (QED) is 0.852. The molecular formula is C12H19FN2O2S. The molecule has 0 unspecified atom stereocenters. The number of rotatable bonds is 5. The Labute approximate surface area is 107 Å². The Bertz CT molecular complexity index is 527. The molecule has 0 fully saturated rings. The molecule has 0 saturated carbocycles. The van der Waals surface area contributed by atoms with Crippen LogP contribution in [0.1, 0.15) is 19.4 Å². The van der Waals surface area contributed by atoms with E-state index < -0.39 is 15.8 Å². The Morgan fingerprint density at radius 2 is 2.00 bits per heavy atom. The molecule has 6 heteroatoms. The number of nitrogens with one attached hydrogen (secondary N) is 1. The minimum absolute atomic E-state index is 0.0942. The van der Waals surface area contributed by atoms with Gasteiger partial charge in [-0.2, -0.15) is 0 Å². The lowest BCUT2D eigenvalue weighted by atomic mass is 9.95. The molecule has 0 aromatic heterocycles. The minimum Gasteiger partial charge on any atom is -0.330 e. The van der Waals surface area contributed by atoms with Gasteiger partial charge in [-0.05, 0) is 42.6 Å². The number of benzene rings is 1. The van der Waals surface area contributed by atoms with Crippen molar-refractivity contribution in [3.05, 3.63) is 29.6 Å². The fraction of sp³-hybridized carbons (Fsp3) is 0.500. The van der Waals surface area contributed by atoms with Gasteiger partial charge in [-0.15, -0.1) is 0 Å². The smallest absolute Gasteiger partial charge is 0.240 e. The van der Waals surface area contributed by atoms with Gasteiger partial charge >= 0.3 is 0 Å². The van der Waals surface area contributed by atoms with E-state index in [9.17, 15) is 12.8 Å². The van der Waals surface area contributed by atoms with Gasteiger partial charge in [0.05, 0.1) is 4.90 Å². The Kier molecular flexibility index (Phi) is 4.47. The lowest BCUT2D eigenvalue weighted by Gasteiger charge is -2.22. The molecule has 18 heavy (non-hydrogen) atoms. The summed E-state index contributed by atoms with van der Waals surface area (Å²) in [6.45, 7) is 5.91. The SMILES string of the molecule is Cc1cc(F)ccc1S(=O)(=O)NCC(C)(C)CN. The summed E-state index contributed by atoms with van der Waals surface area (Å²) in [5, 5.41) is 0. The van der Waals surface area contributed by atoms with Crippen LogP contribution in [0.5, 0.6) is 0 Å². The second kappa shape index (κ2) is 5.34. The highest BCUT2D eigenvalue weighted by Gasteiger charge is 2.22. The molecular weight excluding hydrogens is 255 g/mol. The summed E-state index contributed by atoms with van der Waals surface area (Å²) in [4.78, 5) is 0.0942. The van der Waals surface area contributed by atoms with Gasteiger partial charge in [0.15, 0.2) is 0 Å². The third kappa shape index (κ3) is 3.76. The number of halogens is 1. The number of hydrogen-bond donors (Lipinski definition) is 2. The molecule has 0 amide bonds. The van der Waals surface area contributed by atoms with E-state index in [2.05, 4.69) is 4.72 Å². The molecule has 0 saturated heterocycles. The summed E-state index contributed by atoms with van der Waals surface area (Å²) in [5.41, 5.74) is 5.60. The van der Waals surface area contributed by atoms with E-state index in [0.717, 1.165) is 6.07 Å². The van der Waals surface area contributed by atoms with E-state index in [4.69, 9.17) is 5.73 Å². The molecule has 0 bridgehead atoms. The number of sulfonamides is 1. The highest BCUT2D eigenvalue weighted by molar-refractivity contribution is 7.89. The van der Waals surface area contributed by atoms with Crippen molar-refractivity contribution in [2.45, 2.75) is 25.7 Å². The summed E-state index contributed by atoms with van der Waals surface area (Å²) < 4.78 is 39.5. The number of nitrogens with two attached hydrogens (primary N) is 1. The standard InChI is InChI=1S/C12H19FN2O2S/c1-9-6-10(13)4-5-11(9)18(16,17)15-8-12(2,3)7-14/h4-6,15H,7-8,14H2,1-3H3. The number of hydrogen-bond acceptors (Lipinski definition) is 3. The van der Waals surface area contributed by atoms with Crippen molar-refractivity contribution in [1.82, 2.24) is 4.72 Å². The maximum absolute atomic E-state index is 12.9. The van der Waals surface area contributed by atoms with Crippen LogP contribution >= 0.6 is 0 Å². The molecule has 0 aliphatic carbocycles. The minimum atomic E-state index is -3.62. The van der Waals surface area contributed by atoms with Crippen LogP contribution in [0.25, 0.3) is 0 Å². The van der Waals surface area contributed by atoms with E-state index in [-0.39, 0.29) is 16.9 Å². The van der Waals surface area contributed by atoms with Gasteiger partial charge in [0, 0.05) is 6.54 Å². The van der Waals surface area contributed by atoms with Crippen LogP contribution in [0, 0.1) is 18.2 Å². The average molecular weight is 274 g/mol. The molecule has 0 atom stereocenters. The predicted molar refractivity (Wildman–Crippen MR) is 69.2 cm³/mol. The fourth-order valence-electron chi connectivity index (χ4n) is 1.35. The van der Waals surface area contributed by atoms with E-state index in [0.29, 0.717) is 12.1 Å². The summed E-state index contributed by atoms with van der Waals surface area (Å²) in [5.74, 6) is -0.450. The molecule has 0 spiro atoms. The topological polar surface area (TPSA) is 72.2 Å². The fourth-order valence-corrected chi connectivity index (χ4v) is 2.82. The average Bonchev–Trinajstić information content (AvgIpc) is 2.26. The van der Waals surface area contributed by atoms with E-state index >= 15 is 0 Å². The zero-order valence-electron chi connectivity index (χ0n) is 10.8. The van der Waals surface area contributed by atoms with Gasteiger partial charge in [-0.1, -0.05) is 13.8 Å². The largest absolute Gasteiger partial charge is 0.330 e. The zero-order valence-corrected chi connectivity index (χ0v) is 11.6. The van der Waals surface area contributed by atoms with Crippen LogP contribution in [0.15, 0.2) is 23.1 Å². The van der Waals surface area contributed by atoms with Crippen molar-refractivity contribution in [2.24, 2.45) is 11.1 Å². The van der Waals surface area contributed by atoms with E-state index in [1.807, 2.05) is 13.8 Å². The maximum atomic E-state index is 12.9. The summed E-state index contributed by atoms with van der Waals surface area (Å²) in [6.07, 6.45) is 0. The van der Waals surface area contributed by atoms with Crippen molar-refractivity contribution in [1.29, 1.82) is 0 Å². The first-order valence-corrected chi connectivity index (χ1v) is 7.12. The van der Waals surface area contributed by atoms with Crippen molar-refractivity contribution >= 4 is 10.0 Å². The molecule has 0 radical (unpaired) electrons. The first-order valence-electron chi connectivity index (χ1n) is 5.64. The van der Waals surface area contributed by atoms with Crippen LogP contribution in [0.4, 0.5) is 4.39 Å².